The third kappa shape index (κ3) is 2.59. The summed E-state index contributed by atoms with van der Waals surface area (Å²) in [6, 6.07) is 14.8. The minimum atomic E-state index is 0.282. The molecule has 1 atom stereocenters. The summed E-state index contributed by atoms with van der Waals surface area (Å²) in [7, 11) is 0. The molecule has 0 aliphatic carbocycles. The van der Waals surface area contributed by atoms with Crippen LogP contribution in [-0.2, 0) is 0 Å². The quantitative estimate of drug-likeness (QED) is 0.918. The summed E-state index contributed by atoms with van der Waals surface area (Å²) in [5.74, 6) is 0.630. The number of fused-ring (bicyclic) bond motifs is 1. The number of benzene rings is 2. The molecule has 1 aliphatic rings. The van der Waals surface area contributed by atoms with Crippen molar-refractivity contribution < 1.29 is 0 Å². The standard InChI is InChI=1S/C18H21N3/c1-13(20)14-8-10-21(11-9-14)18-7-6-15(12-19)16-4-2-3-5-17(16)18/h2-7,13-14H,8-11,20H2,1H3. The smallest absolute Gasteiger partial charge is 0.0998 e. The minimum absolute atomic E-state index is 0.282. The van der Waals surface area contributed by atoms with Crippen LogP contribution in [0.5, 0.6) is 0 Å². The maximum absolute atomic E-state index is 9.26. The van der Waals surface area contributed by atoms with Gasteiger partial charge >= 0.3 is 0 Å². The number of hydrogen-bond donors (Lipinski definition) is 1. The number of hydrogen-bond acceptors (Lipinski definition) is 3. The van der Waals surface area contributed by atoms with Crippen LogP contribution in [0.3, 0.4) is 0 Å². The summed E-state index contributed by atoms with van der Waals surface area (Å²) < 4.78 is 0. The first-order chi connectivity index (χ1) is 10.2. The second-order valence-corrected chi connectivity index (χ2v) is 5.97. The minimum Gasteiger partial charge on any atom is -0.371 e. The van der Waals surface area contributed by atoms with Gasteiger partial charge in [-0.15, -0.1) is 0 Å². The Bertz CT molecular complexity index is 676. The Labute approximate surface area is 126 Å². The number of piperidine rings is 1. The van der Waals surface area contributed by atoms with Gasteiger partial charge in [-0.05, 0) is 37.8 Å². The van der Waals surface area contributed by atoms with Crippen LogP contribution in [-0.4, -0.2) is 19.1 Å². The van der Waals surface area contributed by atoms with Crippen LogP contribution in [0.15, 0.2) is 36.4 Å². The topological polar surface area (TPSA) is 53.0 Å². The first-order valence-corrected chi connectivity index (χ1v) is 7.63. The molecule has 108 valence electrons. The lowest BCUT2D eigenvalue weighted by molar-refractivity contribution is 0.355. The van der Waals surface area contributed by atoms with Gasteiger partial charge in [-0.2, -0.15) is 5.26 Å². The predicted molar refractivity (Wildman–Crippen MR) is 87.2 cm³/mol. The van der Waals surface area contributed by atoms with E-state index in [4.69, 9.17) is 5.73 Å². The molecule has 0 radical (unpaired) electrons. The normalized spacial score (nSPS) is 17.7. The highest BCUT2D eigenvalue weighted by Gasteiger charge is 2.23. The first-order valence-electron chi connectivity index (χ1n) is 7.63. The number of nitriles is 1. The summed E-state index contributed by atoms with van der Waals surface area (Å²) in [5.41, 5.74) is 8.02. The fraction of sp³-hybridized carbons (Fsp3) is 0.389. The molecule has 2 aromatic carbocycles. The average Bonchev–Trinajstić information content (AvgIpc) is 2.54. The first kappa shape index (κ1) is 13.9. The van der Waals surface area contributed by atoms with E-state index in [1.807, 2.05) is 24.3 Å². The van der Waals surface area contributed by atoms with E-state index in [2.05, 4.69) is 30.0 Å². The van der Waals surface area contributed by atoms with E-state index < -0.39 is 0 Å². The average molecular weight is 279 g/mol. The molecule has 1 heterocycles. The Morgan fingerprint density at radius 1 is 1.14 bits per heavy atom. The zero-order valence-corrected chi connectivity index (χ0v) is 12.4. The fourth-order valence-corrected chi connectivity index (χ4v) is 3.32. The van der Waals surface area contributed by atoms with Gasteiger partial charge in [-0.1, -0.05) is 24.3 Å². The molecule has 0 amide bonds. The van der Waals surface area contributed by atoms with Crippen molar-refractivity contribution >= 4 is 16.5 Å². The highest BCUT2D eigenvalue weighted by Crippen LogP contribution is 2.32. The van der Waals surface area contributed by atoms with Crippen LogP contribution in [0, 0.1) is 17.2 Å². The molecule has 0 bridgehead atoms. The van der Waals surface area contributed by atoms with Gasteiger partial charge in [0.1, 0.15) is 0 Å². The number of nitrogens with zero attached hydrogens (tertiary/aromatic N) is 2. The highest BCUT2D eigenvalue weighted by atomic mass is 15.1. The lowest BCUT2D eigenvalue weighted by Crippen LogP contribution is -2.39. The third-order valence-corrected chi connectivity index (χ3v) is 4.65. The fourth-order valence-electron chi connectivity index (χ4n) is 3.32. The summed E-state index contributed by atoms with van der Waals surface area (Å²) in [6.07, 6.45) is 2.29. The van der Waals surface area contributed by atoms with E-state index >= 15 is 0 Å². The summed E-state index contributed by atoms with van der Waals surface area (Å²) in [6.45, 7) is 4.20. The van der Waals surface area contributed by atoms with Crippen LogP contribution in [0.25, 0.3) is 10.8 Å². The van der Waals surface area contributed by atoms with E-state index in [9.17, 15) is 5.26 Å². The lowest BCUT2D eigenvalue weighted by atomic mass is 9.90. The Morgan fingerprint density at radius 2 is 1.81 bits per heavy atom. The van der Waals surface area contributed by atoms with Crippen molar-refractivity contribution in [2.45, 2.75) is 25.8 Å². The third-order valence-electron chi connectivity index (χ3n) is 4.65. The van der Waals surface area contributed by atoms with Gasteiger partial charge in [0, 0.05) is 35.6 Å². The van der Waals surface area contributed by atoms with E-state index in [-0.39, 0.29) is 6.04 Å². The molecule has 0 saturated carbocycles. The van der Waals surface area contributed by atoms with Crippen molar-refractivity contribution in [2.75, 3.05) is 18.0 Å². The van der Waals surface area contributed by atoms with Crippen LogP contribution in [0.2, 0.25) is 0 Å². The van der Waals surface area contributed by atoms with Crippen molar-refractivity contribution in [3.63, 3.8) is 0 Å². The van der Waals surface area contributed by atoms with E-state index in [1.165, 1.54) is 11.1 Å². The van der Waals surface area contributed by atoms with Gasteiger partial charge in [0.25, 0.3) is 0 Å². The van der Waals surface area contributed by atoms with Crippen molar-refractivity contribution in [2.24, 2.45) is 11.7 Å². The Balaban J connectivity index is 1.94. The SMILES string of the molecule is CC(N)C1CCN(c2ccc(C#N)c3ccccc23)CC1. The van der Waals surface area contributed by atoms with Gasteiger partial charge < -0.3 is 10.6 Å². The Morgan fingerprint density at radius 3 is 2.43 bits per heavy atom. The van der Waals surface area contributed by atoms with Gasteiger partial charge in [0.2, 0.25) is 0 Å². The molecule has 2 N–H and O–H groups in total. The second kappa shape index (κ2) is 5.75. The van der Waals surface area contributed by atoms with Crippen molar-refractivity contribution in [3.05, 3.63) is 42.0 Å². The summed E-state index contributed by atoms with van der Waals surface area (Å²) in [4.78, 5) is 2.43. The van der Waals surface area contributed by atoms with Crippen LogP contribution in [0.4, 0.5) is 5.69 Å². The second-order valence-electron chi connectivity index (χ2n) is 5.97. The maximum atomic E-state index is 9.26. The number of rotatable bonds is 2. The molecule has 1 aliphatic heterocycles. The molecular formula is C18H21N3. The van der Waals surface area contributed by atoms with Crippen LogP contribution in [0.1, 0.15) is 25.3 Å². The lowest BCUT2D eigenvalue weighted by Gasteiger charge is -2.35. The maximum Gasteiger partial charge on any atom is 0.0998 e. The molecule has 0 aromatic heterocycles. The molecule has 1 fully saturated rings. The molecule has 0 spiro atoms. The molecule has 3 nitrogen and oxygen atoms in total. The monoisotopic (exact) mass is 279 g/mol. The van der Waals surface area contributed by atoms with Gasteiger partial charge in [0.15, 0.2) is 0 Å². The summed E-state index contributed by atoms with van der Waals surface area (Å²) >= 11 is 0. The predicted octanol–water partition coefficient (Wildman–Crippen LogP) is 3.28. The van der Waals surface area contributed by atoms with Gasteiger partial charge in [-0.3, -0.25) is 0 Å². The largest absolute Gasteiger partial charge is 0.371 e. The number of anilines is 1. The number of nitrogens with two attached hydrogens (primary N) is 1. The highest BCUT2D eigenvalue weighted by molar-refractivity contribution is 5.97. The van der Waals surface area contributed by atoms with E-state index in [0.717, 1.165) is 36.9 Å². The van der Waals surface area contributed by atoms with Crippen molar-refractivity contribution in [3.8, 4) is 6.07 Å². The summed E-state index contributed by atoms with van der Waals surface area (Å²) in [5, 5.41) is 11.5. The van der Waals surface area contributed by atoms with E-state index in [0.29, 0.717) is 5.92 Å². The van der Waals surface area contributed by atoms with Gasteiger partial charge in [0.05, 0.1) is 11.6 Å². The van der Waals surface area contributed by atoms with Gasteiger partial charge in [-0.25, -0.2) is 0 Å². The Kier molecular flexibility index (Phi) is 3.81. The molecule has 3 heteroatoms. The van der Waals surface area contributed by atoms with Crippen LogP contribution >= 0.6 is 0 Å². The van der Waals surface area contributed by atoms with Crippen molar-refractivity contribution in [1.29, 1.82) is 5.26 Å². The molecule has 21 heavy (non-hydrogen) atoms. The van der Waals surface area contributed by atoms with E-state index in [1.54, 1.807) is 0 Å². The molecule has 1 unspecified atom stereocenters. The zero-order chi connectivity index (χ0) is 14.8. The van der Waals surface area contributed by atoms with Crippen LogP contribution < -0.4 is 10.6 Å². The molecular weight excluding hydrogens is 258 g/mol. The Hall–Kier alpha value is -2.05. The van der Waals surface area contributed by atoms with Crippen molar-refractivity contribution in [1.82, 2.24) is 0 Å². The molecule has 2 aromatic rings. The zero-order valence-electron chi connectivity index (χ0n) is 12.4. The molecule has 1 saturated heterocycles. The molecule has 3 rings (SSSR count).